The molecule has 0 aliphatic rings. The fraction of sp³-hybridized carbons (Fsp3) is 0.143. The summed E-state index contributed by atoms with van der Waals surface area (Å²) in [6.45, 7) is 1.97. The summed E-state index contributed by atoms with van der Waals surface area (Å²) in [5.41, 5.74) is 2.97. The molecule has 0 amide bonds. The first kappa shape index (κ1) is 14.2. The van der Waals surface area contributed by atoms with Crippen LogP contribution in [0.2, 0.25) is 0 Å². The molecule has 2 rings (SSSR count). The van der Waals surface area contributed by atoms with Crippen LogP contribution in [0.4, 0.5) is 13.2 Å². The Labute approximate surface area is 122 Å². The lowest BCUT2D eigenvalue weighted by molar-refractivity contribution is -0.274. The Bertz CT molecular complexity index is 576. The molecule has 0 unspecified atom stereocenters. The van der Waals surface area contributed by atoms with Gasteiger partial charge in [0.2, 0.25) is 0 Å². The molecular weight excluding hydrogens is 368 g/mol. The predicted molar refractivity (Wildman–Crippen MR) is 76.0 cm³/mol. The van der Waals surface area contributed by atoms with Crippen molar-refractivity contribution in [3.63, 3.8) is 0 Å². The summed E-state index contributed by atoms with van der Waals surface area (Å²) in [5, 5.41) is 0. The van der Waals surface area contributed by atoms with Crippen LogP contribution in [-0.2, 0) is 0 Å². The summed E-state index contributed by atoms with van der Waals surface area (Å²) in [5.74, 6) is -0.209. The first-order chi connectivity index (χ1) is 8.85. The van der Waals surface area contributed by atoms with Crippen LogP contribution >= 0.6 is 22.6 Å². The molecule has 0 saturated heterocycles. The normalized spacial score (nSPS) is 11.4. The lowest BCUT2D eigenvalue weighted by Crippen LogP contribution is -2.16. The van der Waals surface area contributed by atoms with Crippen LogP contribution < -0.4 is 4.74 Å². The van der Waals surface area contributed by atoms with Crippen LogP contribution in [0.15, 0.2) is 42.5 Å². The van der Waals surface area contributed by atoms with Crippen molar-refractivity contribution < 1.29 is 17.9 Å². The van der Waals surface area contributed by atoms with Gasteiger partial charge in [-0.15, -0.1) is 13.2 Å². The van der Waals surface area contributed by atoms with Crippen molar-refractivity contribution in [2.24, 2.45) is 0 Å². The maximum atomic E-state index is 12.1. The van der Waals surface area contributed by atoms with Crippen LogP contribution in [0.1, 0.15) is 5.56 Å². The zero-order chi connectivity index (χ0) is 14.0. The van der Waals surface area contributed by atoms with Gasteiger partial charge in [-0.3, -0.25) is 0 Å². The van der Waals surface area contributed by atoms with Crippen molar-refractivity contribution in [3.8, 4) is 16.9 Å². The quantitative estimate of drug-likeness (QED) is 0.656. The second-order valence-electron chi connectivity index (χ2n) is 4.06. The molecular formula is C14H10F3IO. The van der Waals surface area contributed by atoms with Crippen molar-refractivity contribution in [2.45, 2.75) is 13.3 Å². The van der Waals surface area contributed by atoms with E-state index in [0.29, 0.717) is 0 Å². The smallest absolute Gasteiger partial charge is 0.406 e. The standard InChI is InChI=1S/C14H10F3IO/c1-9-2-7-13(18)12(8-9)10-3-5-11(6-4-10)19-14(15,16)17/h2-8H,1H3. The predicted octanol–water partition coefficient (Wildman–Crippen LogP) is 5.17. The monoisotopic (exact) mass is 378 g/mol. The minimum Gasteiger partial charge on any atom is -0.406 e. The summed E-state index contributed by atoms with van der Waals surface area (Å²) in [4.78, 5) is 0. The van der Waals surface area contributed by atoms with Crippen molar-refractivity contribution in [1.82, 2.24) is 0 Å². The molecule has 1 nitrogen and oxygen atoms in total. The molecule has 5 heteroatoms. The summed E-state index contributed by atoms with van der Waals surface area (Å²) < 4.78 is 41.1. The number of benzene rings is 2. The molecule has 0 aliphatic heterocycles. The van der Waals surface area contributed by atoms with E-state index >= 15 is 0 Å². The van der Waals surface area contributed by atoms with Gasteiger partial charge in [-0.05, 0) is 58.8 Å². The number of halogens is 4. The Morgan fingerprint density at radius 1 is 1.00 bits per heavy atom. The van der Waals surface area contributed by atoms with Crippen LogP contribution in [0.3, 0.4) is 0 Å². The Morgan fingerprint density at radius 3 is 2.21 bits per heavy atom. The number of aryl methyl sites for hydroxylation is 1. The number of ether oxygens (including phenoxy) is 1. The number of rotatable bonds is 2. The first-order valence-electron chi connectivity index (χ1n) is 5.47. The van der Waals surface area contributed by atoms with Crippen LogP contribution in [0, 0.1) is 10.5 Å². The minimum absolute atomic E-state index is 0.209. The van der Waals surface area contributed by atoms with E-state index in [9.17, 15) is 13.2 Å². The van der Waals surface area contributed by atoms with Gasteiger partial charge in [-0.1, -0.05) is 29.8 Å². The fourth-order valence-electron chi connectivity index (χ4n) is 1.70. The average Bonchev–Trinajstić information content (AvgIpc) is 2.31. The SMILES string of the molecule is Cc1ccc(I)c(-c2ccc(OC(F)(F)F)cc2)c1. The molecule has 0 aromatic heterocycles. The highest BCUT2D eigenvalue weighted by Crippen LogP contribution is 2.29. The molecule has 2 aromatic rings. The van der Waals surface area contributed by atoms with E-state index in [4.69, 9.17) is 0 Å². The lowest BCUT2D eigenvalue weighted by Gasteiger charge is -2.10. The third-order valence-electron chi connectivity index (χ3n) is 2.52. The molecule has 0 spiro atoms. The van der Waals surface area contributed by atoms with Crippen LogP contribution in [0.25, 0.3) is 11.1 Å². The zero-order valence-corrected chi connectivity index (χ0v) is 12.1. The Kier molecular flexibility index (Phi) is 4.03. The third kappa shape index (κ3) is 3.86. The molecule has 2 aromatic carbocycles. The number of hydrogen-bond acceptors (Lipinski definition) is 1. The van der Waals surface area contributed by atoms with E-state index < -0.39 is 6.36 Å². The summed E-state index contributed by atoms with van der Waals surface area (Å²) in [6, 6.07) is 11.9. The minimum atomic E-state index is -4.65. The van der Waals surface area contributed by atoms with Gasteiger partial charge >= 0.3 is 6.36 Å². The molecule has 0 saturated carbocycles. The van der Waals surface area contributed by atoms with Gasteiger partial charge in [-0.2, -0.15) is 0 Å². The first-order valence-corrected chi connectivity index (χ1v) is 6.55. The van der Waals surface area contributed by atoms with Gasteiger partial charge in [0.1, 0.15) is 5.75 Å². The average molecular weight is 378 g/mol. The molecule has 0 radical (unpaired) electrons. The van der Waals surface area contributed by atoms with Gasteiger partial charge < -0.3 is 4.74 Å². The van der Waals surface area contributed by atoms with Crippen molar-refractivity contribution in [2.75, 3.05) is 0 Å². The molecule has 0 atom stereocenters. The van der Waals surface area contributed by atoms with E-state index in [1.165, 1.54) is 12.1 Å². The highest BCUT2D eigenvalue weighted by atomic mass is 127. The Hall–Kier alpha value is -1.24. The fourth-order valence-corrected chi connectivity index (χ4v) is 2.34. The second kappa shape index (κ2) is 5.40. The van der Waals surface area contributed by atoms with Gasteiger partial charge in [-0.25, -0.2) is 0 Å². The van der Waals surface area contributed by atoms with Gasteiger partial charge in [0, 0.05) is 3.57 Å². The van der Waals surface area contributed by atoms with Crippen molar-refractivity contribution >= 4 is 22.6 Å². The zero-order valence-electron chi connectivity index (χ0n) is 9.96. The summed E-state index contributed by atoms with van der Waals surface area (Å²) >= 11 is 2.20. The maximum absolute atomic E-state index is 12.1. The molecule has 19 heavy (non-hydrogen) atoms. The third-order valence-corrected chi connectivity index (χ3v) is 3.46. The largest absolute Gasteiger partial charge is 0.573 e. The maximum Gasteiger partial charge on any atom is 0.573 e. The van der Waals surface area contributed by atoms with E-state index in [1.807, 2.05) is 25.1 Å². The van der Waals surface area contributed by atoms with E-state index in [-0.39, 0.29) is 5.75 Å². The van der Waals surface area contributed by atoms with Crippen LogP contribution in [-0.4, -0.2) is 6.36 Å². The molecule has 0 N–H and O–H groups in total. The molecule has 100 valence electrons. The summed E-state index contributed by atoms with van der Waals surface area (Å²) in [6.07, 6.45) is -4.65. The lowest BCUT2D eigenvalue weighted by atomic mass is 10.0. The Balaban J connectivity index is 2.30. The molecule has 0 bridgehead atoms. The highest BCUT2D eigenvalue weighted by Gasteiger charge is 2.30. The Morgan fingerprint density at radius 2 is 1.63 bits per heavy atom. The van der Waals surface area contributed by atoms with Crippen molar-refractivity contribution in [3.05, 3.63) is 51.6 Å². The van der Waals surface area contributed by atoms with E-state index in [0.717, 1.165) is 20.3 Å². The van der Waals surface area contributed by atoms with Crippen molar-refractivity contribution in [1.29, 1.82) is 0 Å². The van der Waals surface area contributed by atoms with Gasteiger partial charge in [0.05, 0.1) is 0 Å². The van der Waals surface area contributed by atoms with Crippen LogP contribution in [0.5, 0.6) is 5.75 Å². The topological polar surface area (TPSA) is 9.23 Å². The number of hydrogen-bond donors (Lipinski definition) is 0. The highest BCUT2D eigenvalue weighted by molar-refractivity contribution is 14.1. The van der Waals surface area contributed by atoms with Gasteiger partial charge in [0.25, 0.3) is 0 Å². The van der Waals surface area contributed by atoms with E-state index in [1.54, 1.807) is 12.1 Å². The molecule has 0 fully saturated rings. The van der Waals surface area contributed by atoms with Gasteiger partial charge in [0.15, 0.2) is 0 Å². The molecule has 0 heterocycles. The number of alkyl halides is 3. The summed E-state index contributed by atoms with van der Waals surface area (Å²) in [7, 11) is 0. The van der Waals surface area contributed by atoms with E-state index in [2.05, 4.69) is 27.3 Å². The molecule has 0 aliphatic carbocycles. The second-order valence-corrected chi connectivity index (χ2v) is 5.22.